The molecule has 0 fully saturated rings. The Balaban J connectivity index is 1.80. The van der Waals surface area contributed by atoms with Gasteiger partial charge in [-0.2, -0.15) is 20.3 Å². The van der Waals surface area contributed by atoms with E-state index in [4.69, 9.17) is 4.42 Å². The van der Waals surface area contributed by atoms with E-state index in [1.807, 2.05) is 36.4 Å². The Morgan fingerprint density at radius 1 is 1.11 bits per heavy atom. The van der Waals surface area contributed by atoms with Gasteiger partial charge in [-0.1, -0.05) is 18.2 Å². The van der Waals surface area contributed by atoms with Crippen LogP contribution >= 0.6 is 0 Å². The molecule has 0 aliphatic carbocycles. The number of hydrogen-bond acceptors (Lipinski definition) is 6. The third-order valence-corrected chi connectivity index (χ3v) is 3.97. The van der Waals surface area contributed by atoms with E-state index >= 15 is 0 Å². The van der Waals surface area contributed by atoms with Gasteiger partial charge in [0.15, 0.2) is 0 Å². The Morgan fingerprint density at radius 2 is 1.89 bits per heavy atom. The molecule has 0 aliphatic heterocycles. The lowest BCUT2D eigenvalue weighted by molar-refractivity contribution is 0.557. The molecule has 2 aromatic heterocycles. The number of benzene rings is 2. The molecule has 0 unspecified atom stereocenters. The van der Waals surface area contributed by atoms with Crippen LogP contribution in [0.2, 0.25) is 0 Å². The summed E-state index contributed by atoms with van der Waals surface area (Å²) < 4.78 is 5.33. The maximum absolute atomic E-state index is 12.2. The number of nitriles is 1. The Kier molecular flexibility index (Phi) is 4.21. The second kappa shape index (κ2) is 6.98. The normalized spacial score (nSPS) is 10.9. The molecule has 0 amide bonds. The molecular formula is C20H13N5O2. The van der Waals surface area contributed by atoms with E-state index in [-0.39, 0.29) is 5.56 Å². The molecule has 27 heavy (non-hydrogen) atoms. The molecule has 0 radical (unpaired) electrons. The van der Waals surface area contributed by atoms with Crippen molar-refractivity contribution in [2.75, 3.05) is 5.32 Å². The molecule has 0 saturated carbocycles. The molecule has 4 rings (SSSR count). The average Bonchev–Trinajstić information content (AvgIpc) is 3.23. The van der Waals surface area contributed by atoms with E-state index in [0.717, 1.165) is 5.69 Å². The van der Waals surface area contributed by atoms with Crippen molar-refractivity contribution in [3.05, 3.63) is 88.7 Å². The number of hydrogen-bond donors (Lipinski definition) is 1. The van der Waals surface area contributed by atoms with E-state index in [1.54, 1.807) is 42.9 Å². The zero-order valence-electron chi connectivity index (χ0n) is 14.0. The first kappa shape index (κ1) is 16.3. The molecule has 7 heteroatoms. The molecule has 4 aromatic rings. The molecule has 0 spiro atoms. The predicted octanol–water partition coefficient (Wildman–Crippen LogP) is 3.33. The first-order valence-corrected chi connectivity index (χ1v) is 8.12. The van der Waals surface area contributed by atoms with Gasteiger partial charge in [-0.3, -0.25) is 0 Å². The first-order chi connectivity index (χ1) is 13.3. The summed E-state index contributed by atoms with van der Waals surface area (Å²) in [6, 6.07) is 16.7. The minimum atomic E-state index is -0.685. The molecule has 0 aliphatic rings. The third-order valence-electron chi connectivity index (χ3n) is 3.97. The van der Waals surface area contributed by atoms with Crippen LogP contribution in [-0.2, 0) is 0 Å². The van der Waals surface area contributed by atoms with Gasteiger partial charge in [-0.05, 0) is 30.3 Å². The number of nitrogens with one attached hydrogen (secondary N) is 1. The van der Waals surface area contributed by atoms with Gasteiger partial charge in [-0.15, -0.1) is 0 Å². The Labute approximate surface area is 153 Å². The molecule has 0 atom stereocenters. The Hall–Kier alpha value is -4.18. The van der Waals surface area contributed by atoms with Gasteiger partial charge < -0.3 is 9.73 Å². The fraction of sp³-hybridized carbons (Fsp3) is 0. The van der Waals surface area contributed by atoms with Gasteiger partial charge in [0.05, 0.1) is 18.1 Å². The predicted molar refractivity (Wildman–Crippen MR) is 101 cm³/mol. The summed E-state index contributed by atoms with van der Waals surface area (Å²) in [5.41, 5.74) is 1.66. The maximum atomic E-state index is 12.2. The molecule has 2 aromatic carbocycles. The SMILES string of the molecule is N#Cc1c(/C=C\Nc2ccccc2)c2ccc(-n3nccn3)cc2oc1=O. The standard InChI is InChI=1S/C20H13N5O2/c21-13-18-16(8-9-22-14-4-2-1-3-5-14)17-7-6-15(25-23-10-11-24-25)12-19(17)27-20(18)26/h1-12,22H/b9-8-. The van der Waals surface area contributed by atoms with Gasteiger partial charge in [0, 0.05) is 28.9 Å². The lowest BCUT2D eigenvalue weighted by Crippen LogP contribution is -2.07. The van der Waals surface area contributed by atoms with Crippen LogP contribution in [0.5, 0.6) is 0 Å². The number of rotatable bonds is 4. The number of para-hydroxylation sites is 1. The van der Waals surface area contributed by atoms with Crippen LogP contribution in [0.15, 0.2) is 76.3 Å². The fourth-order valence-corrected chi connectivity index (χ4v) is 2.72. The summed E-state index contributed by atoms with van der Waals surface area (Å²) in [6.07, 6.45) is 6.50. The highest BCUT2D eigenvalue weighted by Crippen LogP contribution is 2.23. The van der Waals surface area contributed by atoms with Crippen LogP contribution < -0.4 is 10.9 Å². The summed E-state index contributed by atoms with van der Waals surface area (Å²) in [5.74, 6) is 0. The van der Waals surface area contributed by atoms with Gasteiger partial charge >= 0.3 is 5.63 Å². The quantitative estimate of drug-likeness (QED) is 0.564. The average molecular weight is 355 g/mol. The van der Waals surface area contributed by atoms with E-state index in [0.29, 0.717) is 22.2 Å². The molecule has 0 saturated heterocycles. The maximum Gasteiger partial charge on any atom is 0.354 e. The Morgan fingerprint density at radius 3 is 2.63 bits per heavy atom. The van der Waals surface area contributed by atoms with Crippen LogP contribution in [0.3, 0.4) is 0 Å². The van der Waals surface area contributed by atoms with Gasteiger partial charge in [0.25, 0.3) is 0 Å². The summed E-state index contributed by atoms with van der Waals surface area (Å²) in [6.45, 7) is 0. The number of aromatic nitrogens is 3. The van der Waals surface area contributed by atoms with E-state index in [2.05, 4.69) is 15.5 Å². The zero-order chi connectivity index (χ0) is 18.6. The largest absolute Gasteiger partial charge is 0.422 e. The lowest BCUT2D eigenvalue weighted by Gasteiger charge is -2.06. The first-order valence-electron chi connectivity index (χ1n) is 8.12. The fourth-order valence-electron chi connectivity index (χ4n) is 2.72. The van der Waals surface area contributed by atoms with Crippen molar-refractivity contribution in [2.24, 2.45) is 0 Å². The van der Waals surface area contributed by atoms with Crippen LogP contribution in [0, 0.1) is 11.3 Å². The monoisotopic (exact) mass is 355 g/mol. The van der Waals surface area contributed by atoms with E-state index < -0.39 is 5.63 Å². The zero-order valence-corrected chi connectivity index (χ0v) is 14.0. The minimum Gasteiger partial charge on any atom is -0.422 e. The second-order valence-electron chi connectivity index (χ2n) is 5.63. The smallest absolute Gasteiger partial charge is 0.354 e. The van der Waals surface area contributed by atoms with Crippen LogP contribution in [0.4, 0.5) is 5.69 Å². The molecule has 0 bridgehead atoms. The third kappa shape index (κ3) is 3.19. The number of fused-ring (bicyclic) bond motifs is 1. The van der Waals surface area contributed by atoms with Gasteiger partial charge in [0.2, 0.25) is 0 Å². The van der Waals surface area contributed by atoms with Gasteiger partial charge in [0.1, 0.15) is 17.2 Å². The highest BCUT2D eigenvalue weighted by molar-refractivity contribution is 5.90. The van der Waals surface area contributed by atoms with Crippen molar-refractivity contribution in [1.82, 2.24) is 15.0 Å². The highest BCUT2D eigenvalue weighted by atomic mass is 16.4. The topological polar surface area (TPSA) is 96.7 Å². The minimum absolute atomic E-state index is 0.0430. The van der Waals surface area contributed by atoms with Crippen molar-refractivity contribution in [3.8, 4) is 11.8 Å². The lowest BCUT2D eigenvalue weighted by atomic mass is 10.0. The summed E-state index contributed by atoms with van der Waals surface area (Å²) in [5, 5.41) is 21.3. The highest BCUT2D eigenvalue weighted by Gasteiger charge is 2.13. The number of nitrogens with zero attached hydrogens (tertiary/aromatic N) is 4. The summed E-state index contributed by atoms with van der Waals surface area (Å²) >= 11 is 0. The molecule has 2 heterocycles. The molecule has 7 nitrogen and oxygen atoms in total. The molecule has 130 valence electrons. The molecule has 1 N–H and O–H groups in total. The van der Waals surface area contributed by atoms with Crippen LogP contribution in [0.1, 0.15) is 11.1 Å². The second-order valence-corrected chi connectivity index (χ2v) is 5.63. The van der Waals surface area contributed by atoms with E-state index in [1.165, 1.54) is 4.80 Å². The van der Waals surface area contributed by atoms with Crippen LogP contribution in [-0.4, -0.2) is 15.0 Å². The summed E-state index contributed by atoms with van der Waals surface area (Å²) in [4.78, 5) is 13.7. The van der Waals surface area contributed by atoms with Crippen molar-refractivity contribution >= 4 is 22.7 Å². The number of anilines is 1. The Bertz CT molecular complexity index is 1220. The van der Waals surface area contributed by atoms with Crippen molar-refractivity contribution in [3.63, 3.8) is 0 Å². The van der Waals surface area contributed by atoms with Crippen molar-refractivity contribution in [2.45, 2.75) is 0 Å². The molecular weight excluding hydrogens is 342 g/mol. The van der Waals surface area contributed by atoms with Crippen molar-refractivity contribution < 1.29 is 4.42 Å². The summed E-state index contributed by atoms with van der Waals surface area (Å²) in [7, 11) is 0. The van der Waals surface area contributed by atoms with Gasteiger partial charge in [-0.25, -0.2) is 4.79 Å². The van der Waals surface area contributed by atoms with Crippen LogP contribution in [0.25, 0.3) is 22.7 Å². The van der Waals surface area contributed by atoms with Crippen molar-refractivity contribution in [1.29, 1.82) is 5.26 Å². The van der Waals surface area contributed by atoms with E-state index in [9.17, 15) is 10.1 Å².